The lowest BCUT2D eigenvalue weighted by Gasteiger charge is -2.33. The van der Waals surface area contributed by atoms with Gasteiger partial charge in [-0.15, -0.1) is 0 Å². The fraction of sp³-hybridized carbons (Fsp3) is 0.391. The van der Waals surface area contributed by atoms with E-state index >= 15 is 0 Å². The normalized spacial score (nSPS) is 19.5. The topological polar surface area (TPSA) is 45.1 Å². The van der Waals surface area contributed by atoms with Crippen LogP contribution in [-0.2, 0) is 4.79 Å². The smallest absolute Gasteiger partial charge is 0.176 e. The third-order valence-electron chi connectivity index (χ3n) is 4.98. The molecule has 0 amide bonds. The molecular formula is C23H28ClN3O2. The monoisotopic (exact) mass is 413 g/mol. The quantitative estimate of drug-likeness (QED) is 0.734. The maximum Gasteiger partial charge on any atom is 0.176 e. The Morgan fingerprint density at radius 3 is 2.55 bits per heavy atom. The molecule has 29 heavy (non-hydrogen) atoms. The molecule has 154 valence electrons. The van der Waals surface area contributed by atoms with Gasteiger partial charge >= 0.3 is 0 Å². The van der Waals surface area contributed by atoms with Crippen LogP contribution in [0.4, 0.5) is 5.69 Å². The van der Waals surface area contributed by atoms with Gasteiger partial charge in [-0.3, -0.25) is 9.80 Å². The first-order valence-corrected chi connectivity index (χ1v) is 10.3. The molecule has 0 radical (unpaired) electrons. The number of carbonyl (C=O) groups is 1. The zero-order valence-corrected chi connectivity index (χ0v) is 18.2. The van der Waals surface area contributed by atoms with Crippen molar-refractivity contribution in [2.45, 2.75) is 32.2 Å². The Bertz CT molecular complexity index is 883. The van der Waals surface area contributed by atoms with E-state index in [0.717, 1.165) is 17.0 Å². The number of rotatable bonds is 4. The Hall–Kier alpha value is -2.37. The van der Waals surface area contributed by atoms with Crippen LogP contribution < -0.4 is 9.75 Å². The van der Waals surface area contributed by atoms with Gasteiger partial charge in [0, 0.05) is 11.9 Å². The Morgan fingerprint density at radius 1 is 1.24 bits per heavy atom. The predicted molar refractivity (Wildman–Crippen MR) is 119 cm³/mol. The van der Waals surface area contributed by atoms with Crippen molar-refractivity contribution in [3.05, 3.63) is 59.1 Å². The molecule has 0 aromatic heterocycles. The largest absolute Gasteiger partial charge is 0.489 e. The van der Waals surface area contributed by atoms with Gasteiger partial charge in [-0.1, -0.05) is 48.9 Å². The number of hydrogen-bond acceptors (Lipinski definition) is 5. The minimum absolute atomic E-state index is 0.0168. The average Bonchev–Trinajstić information content (AvgIpc) is 3.09. The van der Waals surface area contributed by atoms with Gasteiger partial charge in [-0.2, -0.15) is 5.10 Å². The van der Waals surface area contributed by atoms with Gasteiger partial charge in [-0.05, 0) is 50.8 Å². The molecular weight excluding hydrogens is 386 g/mol. The second-order valence-corrected chi connectivity index (χ2v) is 8.00. The molecule has 0 saturated heterocycles. The highest BCUT2D eigenvalue weighted by Gasteiger charge is 2.44. The van der Waals surface area contributed by atoms with Gasteiger partial charge in [0.2, 0.25) is 0 Å². The van der Waals surface area contributed by atoms with Gasteiger partial charge in [0.1, 0.15) is 23.8 Å². The molecule has 2 heterocycles. The zero-order valence-electron chi connectivity index (χ0n) is 17.4. The van der Waals surface area contributed by atoms with E-state index in [2.05, 4.69) is 31.0 Å². The van der Waals surface area contributed by atoms with Crippen molar-refractivity contribution in [1.82, 2.24) is 4.90 Å². The summed E-state index contributed by atoms with van der Waals surface area (Å²) in [6.07, 6.45) is 1.26. The Labute approximate surface area is 177 Å². The number of fused-ring (bicyclic) bond motifs is 3. The van der Waals surface area contributed by atoms with Gasteiger partial charge in [0.25, 0.3) is 0 Å². The van der Waals surface area contributed by atoms with E-state index in [0.29, 0.717) is 17.3 Å². The summed E-state index contributed by atoms with van der Waals surface area (Å²) in [5, 5.41) is 7.12. The minimum Gasteiger partial charge on any atom is -0.489 e. The number of ether oxygens (including phenoxy) is 1. The number of hydrogen-bond donors (Lipinski definition) is 0. The van der Waals surface area contributed by atoms with Crippen molar-refractivity contribution in [3.8, 4) is 5.75 Å². The van der Waals surface area contributed by atoms with Crippen LogP contribution in [0.1, 0.15) is 31.7 Å². The third-order valence-corrected chi connectivity index (χ3v) is 5.21. The van der Waals surface area contributed by atoms with Crippen molar-refractivity contribution in [1.29, 1.82) is 0 Å². The summed E-state index contributed by atoms with van der Waals surface area (Å²) in [6, 6.07) is 15.4. The fourth-order valence-electron chi connectivity index (χ4n) is 3.72. The van der Waals surface area contributed by atoms with Crippen LogP contribution >= 0.6 is 11.6 Å². The number of anilines is 1. The molecule has 6 heteroatoms. The lowest BCUT2D eigenvalue weighted by Crippen LogP contribution is -2.41. The van der Waals surface area contributed by atoms with Crippen LogP contribution in [0.2, 0.25) is 5.02 Å². The van der Waals surface area contributed by atoms with Crippen molar-refractivity contribution < 1.29 is 9.53 Å². The molecule has 2 aromatic rings. The highest BCUT2D eigenvalue weighted by Crippen LogP contribution is 2.43. The summed E-state index contributed by atoms with van der Waals surface area (Å²) in [6.45, 7) is 5.43. The Balaban J connectivity index is 0.000000353. The lowest BCUT2D eigenvalue weighted by molar-refractivity contribution is -0.111. The average molecular weight is 414 g/mol. The van der Waals surface area contributed by atoms with Crippen LogP contribution in [0, 0.1) is 0 Å². The van der Waals surface area contributed by atoms with E-state index < -0.39 is 0 Å². The molecule has 0 spiro atoms. The highest BCUT2D eigenvalue weighted by atomic mass is 35.5. The van der Waals surface area contributed by atoms with E-state index in [1.54, 1.807) is 13.0 Å². The number of benzene rings is 2. The molecule has 2 aromatic carbocycles. The van der Waals surface area contributed by atoms with Crippen LogP contribution in [0.5, 0.6) is 5.75 Å². The van der Waals surface area contributed by atoms with E-state index in [4.69, 9.17) is 16.3 Å². The van der Waals surface area contributed by atoms with Crippen LogP contribution in [0.15, 0.2) is 53.6 Å². The number of Topliss-reactive ketones (excluding diaryl/α,β-unsaturated/α-hetero) is 1. The number of nitrogens with zero attached hydrogens (tertiary/aromatic N) is 3. The first-order valence-electron chi connectivity index (χ1n) is 9.93. The van der Waals surface area contributed by atoms with Crippen molar-refractivity contribution >= 4 is 28.8 Å². The first-order chi connectivity index (χ1) is 13.9. The van der Waals surface area contributed by atoms with E-state index in [9.17, 15) is 4.79 Å². The van der Waals surface area contributed by atoms with Gasteiger partial charge in [0.15, 0.2) is 5.78 Å². The molecule has 0 fully saturated rings. The second kappa shape index (κ2) is 9.42. The predicted octanol–water partition coefficient (Wildman–Crippen LogP) is 4.61. The summed E-state index contributed by atoms with van der Waals surface area (Å²) in [7, 11) is 4.17. The minimum atomic E-state index is -0.0965. The maximum absolute atomic E-state index is 12.1. The molecule has 5 nitrogen and oxygen atoms in total. The highest BCUT2D eigenvalue weighted by molar-refractivity contribution is 6.42. The summed E-state index contributed by atoms with van der Waals surface area (Å²) in [5.41, 5.74) is 2.45. The lowest BCUT2D eigenvalue weighted by atomic mass is 9.86. The van der Waals surface area contributed by atoms with Gasteiger partial charge < -0.3 is 9.64 Å². The van der Waals surface area contributed by atoms with Crippen LogP contribution in [-0.4, -0.2) is 49.7 Å². The van der Waals surface area contributed by atoms with E-state index in [1.807, 2.05) is 47.5 Å². The molecule has 2 aliphatic rings. The van der Waals surface area contributed by atoms with Gasteiger partial charge in [-0.25, -0.2) is 0 Å². The molecule has 0 N–H and O–H groups in total. The molecule has 2 atom stereocenters. The fourth-order valence-corrected chi connectivity index (χ4v) is 3.89. The SMILES string of the molecule is CC(=O)C1=NN2c3cc(Cl)ccc3OCC2C1c1ccccc1.CCCN(C)C. The molecule has 0 aliphatic carbocycles. The number of ketones is 1. The zero-order chi connectivity index (χ0) is 21.0. The summed E-state index contributed by atoms with van der Waals surface area (Å²) >= 11 is 6.12. The van der Waals surface area contributed by atoms with Crippen LogP contribution in [0.3, 0.4) is 0 Å². The molecule has 2 unspecified atom stereocenters. The van der Waals surface area contributed by atoms with Crippen molar-refractivity contribution in [3.63, 3.8) is 0 Å². The molecule has 4 rings (SSSR count). The number of carbonyl (C=O) groups excluding carboxylic acids is 1. The van der Waals surface area contributed by atoms with E-state index in [-0.39, 0.29) is 17.7 Å². The summed E-state index contributed by atoms with van der Waals surface area (Å²) in [5.74, 6) is 0.628. The second-order valence-electron chi connectivity index (χ2n) is 7.57. The third kappa shape index (κ3) is 4.80. The standard InChI is InChI=1S/C18H15ClN2O2.C5H13N/c1-11(22)18-17(12-5-3-2-4-6-12)15-10-23-16-8-7-13(19)9-14(16)21(15)20-18;1-4-5-6(2)3/h2-9,15,17H,10H2,1H3;4-5H2,1-3H3. The van der Waals surface area contributed by atoms with Gasteiger partial charge in [0.05, 0.1) is 12.0 Å². The summed E-state index contributed by atoms with van der Waals surface area (Å²) in [4.78, 5) is 14.3. The number of halogens is 1. The Morgan fingerprint density at radius 2 is 1.97 bits per heavy atom. The van der Waals surface area contributed by atoms with Crippen molar-refractivity contribution in [2.24, 2.45) is 5.10 Å². The molecule has 2 aliphatic heterocycles. The van der Waals surface area contributed by atoms with Crippen molar-refractivity contribution in [2.75, 3.05) is 32.3 Å². The Kier molecular flexibility index (Phi) is 6.93. The summed E-state index contributed by atoms with van der Waals surface area (Å²) < 4.78 is 5.89. The maximum atomic E-state index is 12.1. The molecule has 0 saturated carbocycles. The number of hydrazone groups is 1. The first kappa shape index (κ1) is 21.3. The van der Waals surface area contributed by atoms with E-state index in [1.165, 1.54) is 13.0 Å². The molecule has 0 bridgehead atoms. The van der Waals surface area contributed by atoms with Crippen LogP contribution in [0.25, 0.3) is 0 Å².